The summed E-state index contributed by atoms with van der Waals surface area (Å²) < 4.78 is 15.5. The molecule has 0 radical (unpaired) electrons. The first-order valence-corrected chi connectivity index (χ1v) is 7.53. The van der Waals surface area contributed by atoms with E-state index in [4.69, 9.17) is 13.9 Å². The number of carbonyl (C=O) groups excluding carboxylic acids is 2. The summed E-state index contributed by atoms with van der Waals surface area (Å²) in [6, 6.07) is 12.4. The molecule has 1 fully saturated rings. The van der Waals surface area contributed by atoms with Crippen LogP contribution in [0.25, 0.3) is 22.4 Å². The van der Waals surface area contributed by atoms with Gasteiger partial charge in [0, 0.05) is 11.8 Å². The molecule has 1 aliphatic heterocycles. The highest BCUT2D eigenvalue weighted by molar-refractivity contribution is 6.05. The van der Waals surface area contributed by atoms with Crippen LogP contribution in [0.15, 0.2) is 53.1 Å². The molecule has 1 aromatic carbocycles. The number of cyclic esters (lactones) is 1. The molecule has 3 heterocycles. The third kappa shape index (κ3) is 2.52. The van der Waals surface area contributed by atoms with E-state index in [2.05, 4.69) is 4.98 Å². The SMILES string of the molecule is O=C(OC1CCOC1=O)c1cc(-c2ccco2)nc2ccccc12. The smallest absolute Gasteiger partial charge is 0.347 e. The second kappa shape index (κ2) is 5.81. The fraction of sp³-hybridized carbons (Fsp3) is 0.167. The Hall–Kier alpha value is -3.15. The lowest BCUT2D eigenvalue weighted by molar-refractivity contribution is -0.145. The van der Waals surface area contributed by atoms with Gasteiger partial charge in [0.05, 0.1) is 24.0 Å². The standard InChI is InChI=1S/C18H13NO5/c20-17(24-16-7-9-23-18(16)21)12-10-14(15-6-3-8-22-15)19-13-5-2-1-4-11(12)13/h1-6,8,10,16H,7,9H2. The van der Waals surface area contributed by atoms with Gasteiger partial charge in [-0.2, -0.15) is 0 Å². The van der Waals surface area contributed by atoms with E-state index in [0.29, 0.717) is 34.3 Å². The van der Waals surface area contributed by atoms with Crippen molar-refractivity contribution in [3.8, 4) is 11.5 Å². The molecule has 2 aromatic heterocycles. The molecule has 120 valence electrons. The van der Waals surface area contributed by atoms with Crippen molar-refractivity contribution in [1.82, 2.24) is 4.98 Å². The maximum Gasteiger partial charge on any atom is 0.347 e. The lowest BCUT2D eigenvalue weighted by Crippen LogP contribution is -2.22. The Morgan fingerprint density at radius 3 is 2.83 bits per heavy atom. The number of para-hydroxylation sites is 1. The second-order valence-electron chi connectivity index (χ2n) is 5.40. The Labute approximate surface area is 137 Å². The molecule has 1 aliphatic rings. The molecular weight excluding hydrogens is 310 g/mol. The fourth-order valence-corrected chi connectivity index (χ4v) is 2.67. The Kier molecular flexibility index (Phi) is 3.49. The van der Waals surface area contributed by atoms with Gasteiger partial charge in [-0.25, -0.2) is 14.6 Å². The van der Waals surface area contributed by atoms with Gasteiger partial charge < -0.3 is 13.9 Å². The van der Waals surface area contributed by atoms with Gasteiger partial charge >= 0.3 is 11.9 Å². The summed E-state index contributed by atoms with van der Waals surface area (Å²) in [6.45, 7) is 0.269. The largest absolute Gasteiger partial charge is 0.463 e. The van der Waals surface area contributed by atoms with Gasteiger partial charge in [-0.15, -0.1) is 0 Å². The molecule has 6 nitrogen and oxygen atoms in total. The quantitative estimate of drug-likeness (QED) is 0.690. The Balaban J connectivity index is 1.78. The summed E-state index contributed by atoms with van der Waals surface area (Å²) in [5.74, 6) is -0.534. The third-order valence-electron chi connectivity index (χ3n) is 3.85. The van der Waals surface area contributed by atoms with Crippen LogP contribution in [0, 0.1) is 0 Å². The van der Waals surface area contributed by atoms with Crippen molar-refractivity contribution >= 4 is 22.8 Å². The van der Waals surface area contributed by atoms with Crippen molar-refractivity contribution in [3.63, 3.8) is 0 Å². The van der Waals surface area contributed by atoms with E-state index in [9.17, 15) is 9.59 Å². The molecule has 0 spiro atoms. The van der Waals surface area contributed by atoms with Crippen molar-refractivity contribution in [2.45, 2.75) is 12.5 Å². The van der Waals surface area contributed by atoms with E-state index in [1.807, 2.05) is 18.2 Å². The van der Waals surface area contributed by atoms with E-state index >= 15 is 0 Å². The number of ether oxygens (including phenoxy) is 2. The van der Waals surface area contributed by atoms with Crippen molar-refractivity contribution in [2.24, 2.45) is 0 Å². The molecule has 24 heavy (non-hydrogen) atoms. The maximum absolute atomic E-state index is 12.6. The third-order valence-corrected chi connectivity index (χ3v) is 3.85. The van der Waals surface area contributed by atoms with Crippen LogP contribution in [0.1, 0.15) is 16.8 Å². The average molecular weight is 323 g/mol. The fourth-order valence-electron chi connectivity index (χ4n) is 2.67. The van der Waals surface area contributed by atoms with Crippen LogP contribution in [0.2, 0.25) is 0 Å². The molecular formula is C18H13NO5. The lowest BCUT2D eigenvalue weighted by Gasteiger charge is -2.11. The normalized spacial score (nSPS) is 17.0. The Bertz CT molecular complexity index is 916. The Morgan fingerprint density at radius 1 is 1.21 bits per heavy atom. The predicted octanol–water partition coefficient (Wildman–Crippen LogP) is 2.97. The van der Waals surface area contributed by atoms with E-state index in [-0.39, 0.29) is 6.61 Å². The molecule has 0 bridgehead atoms. The van der Waals surface area contributed by atoms with Crippen LogP contribution in [0.5, 0.6) is 0 Å². The van der Waals surface area contributed by atoms with Gasteiger partial charge in [0.25, 0.3) is 0 Å². The highest BCUT2D eigenvalue weighted by atomic mass is 16.6. The number of benzene rings is 1. The van der Waals surface area contributed by atoms with Crippen LogP contribution >= 0.6 is 0 Å². The van der Waals surface area contributed by atoms with Crippen LogP contribution in [0.4, 0.5) is 0 Å². The van der Waals surface area contributed by atoms with Gasteiger partial charge in [0.2, 0.25) is 6.10 Å². The molecule has 1 saturated heterocycles. The number of fused-ring (bicyclic) bond motifs is 1. The van der Waals surface area contributed by atoms with Gasteiger partial charge in [0.15, 0.2) is 5.76 Å². The zero-order valence-corrected chi connectivity index (χ0v) is 12.6. The van der Waals surface area contributed by atoms with Gasteiger partial charge in [-0.1, -0.05) is 18.2 Å². The van der Waals surface area contributed by atoms with Crippen LogP contribution in [-0.2, 0) is 14.3 Å². The monoisotopic (exact) mass is 323 g/mol. The number of pyridine rings is 1. The highest BCUT2D eigenvalue weighted by Crippen LogP contribution is 2.26. The first-order chi connectivity index (χ1) is 11.7. The van der Waals surface area contributed by atoms with E-state index < -0.39 is 18.0 Å². The molecule has 3 aromatic rings. The molecule has 0 amide bonds. The average Bonchev–Trinajstić information content (AvgIpc) is 3.26. The van der Waals surface area contributed by atoms with Crippen LogP contribution < -0.4 is 0 Å². The van der Waals surface area contributed by atoms with E-state index in [1.54, 1.807) is 30.5 Å². The molecule has 0 aliphatic carbocycles. The summed E-state index contributed by atoms with van der Waals surface area (Å²) in [4.78, 5) is 28.6. The topological polar surface area (TPSA) is 78.6 Å². The number of rotatable bonds is 3. The maximum atomic E-state index is 12.6. The molecule has 4 rings (SSSR count). The summed E-state index contributed by atoms with van der Waals surface area (Å²) >= 11 is 0. The van der Waals surface area contributed by atoms with Gasteiger partial charge in [-0.05, 0) is 24.3 Å². The Morgan fingerprint density at radius 2 is 2.08 bits per heavy atom. The summed E-state index contributed by atoms with van der Waals surface area (Å²) in [5.41, 5.74) is 1.51. The summed E-state index contributed by atoms with van der Waals surface area (Å²) in [6.07, 6.45) is 1.06. The summed E-state index contributed by atoms with van der Waals surface area (Å²) in [5, 5.41) is 0.657. The molecule has 1 atom stereocenters. The van der Waals surface area contributed by atoms with E-state index in [1.165, 1.54) is 0 Å². The molecule has 1 unspecified atom stereocenters. The van der Waals surface area contributed by atoms with Crippen molar-refractivity contribution in [1.29, 1.82) is 0 Å². The van der Waals surface area contributed by atoms with Crippen LogP contribution in [-0.4, -0.2) is 29.6 Å². The van der Waals surface area contributed by atoms with Gasteiger partial charge in [-0.3, -0.25) is 0 Å². The highest BCUT2D eigenvalue weighted by Gasteiger charge is 2.31. The number of aromatic nitrogens is 1. The first kappa shape index (κ1) is 14.4. The number of furan rings is 1. The zero-order chi connectivity index (χ0) is 16.5. The lowest BCUT2D eigenvalue weighted by atomic mass is 10.1. The van der Waals surface area contributed by atoms with Crippen molar-refractivity contribution in [2.75, 3.05) is 6.61 Å². The van der Waals surface area contributed by atoms with Crippen molar-refractivity contribution in [3.05, 3.63) is 54.3 Å². The van der Waals surface area contributed by atoms with E-state index in [0.717, 1.165) is 0 Å². The van der Waals surface area contributed by atoms with Crippen LogP contribution in [0.3, 0.4) is 0 Å². The number of hydrogen-bond acceptors (Lipinski definition) is 6. The first-order valence-electron chi connectivity index (χ1n) is 7.53. The molecule has 0 N–H and O–H groups in total. The van der Waals surface area contributed by atoms with Crippen molar-refractivity contribution < 1.29 is 23.5 Å². The molecule has 0 saturated carbocycles. The molecule has 6 heteroatoms. The number of hydrogen-bond donors (Lipinski definition) is 0. The minimum atomic E-state index is -0.850. The summed E-state index contributed by atoms with van der Waals surface area (Å²) in [7, 11) is 0. The predicted molar refractivity (Wildman–Crippen MR) is 84.2 cm³/mol. The number of nitrogens with zero attached hydrogens (tertiary/aromatic N) is 1. The minimum absolute atomic E-state index is 0.269. The number of esters is 2. The minimum Gasteiger partial charge on any atom is -0.463 e. The van der Waals surface area contributed by atoms with Gasteiger partial charge in [0.1, 0.15) is 5.69 Å². The number of carbonyl (C=O) groups is 2. The zero-order valence-electron chi connectivity index (χ0n) is 12.6. The second-order valence-corrected chi connectivity index (χ2v) is 5.40.